The third-order valence-electron chi connectivity index (χ3n) is 3.16. The molecule has 1 saturated carbocycles. The molecule has 1 aromatic heterocycles. The van der Waals surface area contributed by atoms with Crippen molar-refractivity contribution in [3.05, 3.63) is 41.6 Å². The van der Waals surface area contributed by atoms with Crippen molar-refractivity contribution in [3.63, 3.8) is 0 Å². The van der Waals surface area contributed by atoms with Crippen molar-refractivity contribution in [1.29, 1.82) is 0 Å². The van der Waals surface area contributed by atoms with Gasteiger partial charge in [0.2, 0.25) is 11.8 Å². The van der Waals surface area contributed by atoms with Gasteiger partial charge in [0.15, 0.2) is 0 Å². The van der Waals surface area contributed by atoms with Crippen LogP contribution < -0.4 is 10.1 Å². The molecule has 0 spiro atoms. The van der Waals surface area contributed by atoms with Gasteiger partial charge >= 0.3 is 0 Å². The molecule has 2 aromatic rings. The molecule has 0 bridgehead atoms. The number of rotatable bonds is 6. The molecule has 1 N–H and O–H groups in total. The molecule has 0 amide bonds. The number of nitrogens with one attached hydrogen (secondary N) is 1. The molecular formula is C14H17N3O2. The van der Waals surface area contributed by atoms with Crippen LogP contribution in [0.5, 0.6) is 5.75 Å². The summed E-state index contributed by atoms with van der Waals surface area (Å²) in [4.78, 5) is 0. The van der Waals surface area contributed by atoms with Crippen LogP contribution in [0.3, 0.4) is 0 Å². The maximum Gasteiger partial charge on any atom is 0.230 e. The molecule has 1 aliphatic rings. The van der Waals surface area contributed by atoms with Gasteiger partial charge in [-0.15, -0.1) is 10.2 Å². The smallest absolute Gasteiger partial charge is 0.230 e. The molecule has 1 heterocycles. The van der Waals surface area contributed by atoms with Gasteiger partial charge in [0, 0.05) is 11.6 Å². The van der Waals surface area contributed by atoms with Gasteiger partial charge in [-0.05, 0) is 18.9 Å². The van der Waals surface area contributed by atoms with E-state index >= 15 is 0 Å². The zero-order chi connectivity index (χ0) is 13.1. The van der Waals surface area contributed by atoms with Crippen LogP contribution in [0.2, 0.25) is 0 Å². The second-order valence-corrected chi connectivity index (χ2v) is 4.73. The molecule has 1 aliphatic carbocycles. The zero-order valence-corrected chi connectivity index (χ0v) is 10.9. The second-order valence-electron chi connectivity index (χ2n) is 4.73. The summed E-state index contributed by atoms with van der Waals surface area (Å²) < 4.78 is 10.9. The lowest BCUT2D eigenvalue weighted by atomic mass is 10.1. The van der Waals surface area contributed by atoms with Gasteiger partial charge in [-0.25, -0.2) is 0 Å². The Morgan fingerprint density at radius 1 is 1.26 bits per heavy atom. The molecule has 5 heteroatoms. The van der Waals surface area contributed by atoms with E-state index in [1.807, 2.05) is 24.3 Å². The number of hydrogen-bond acceptors (Lipinski definition) is 5. The SMILES string of the molecule is COc1ccccc1Cc1nnc(CNC2CC2)o1. The van der Waals surface area contributed by atoms with E-state index in [0.717, 1.165) is 11.3 Å². The minimum Gasteiger partial charge on any atom is -0.496 e. The predicted molar refractivity (Wildman–Crippen MR) is 70.0 cm³/mol. The topological polar surface area (TPSA) is 60.2 Å². The number of para-hydroxylation sites is 1. The van der Waals surface area contributed by atoms with Gasteiger partial charge in [-0.3, -0.25) is 0 Å². The second kappa shape index (κ2) is 5.40. The molecule has 0 unspecified atom stereocenters. The van der Waals surface area contributed by atoms with E-state index in [1.54, 1.807) is 7.11 Å². The molecule has 1 fully saturated rings. The Labute approximate surface area is 112 Å². The quantitative estimate of drug-likeness (QED) is 0.858. The predicted octanol–water partition coefficient (Wildman–Crippen LogP) is 1.92. The van der Waals surface area contributed by atoms with Crippen molar-refractivity contribution in [2.75, 3.05) is 7.11 Å². The lowest BCUT2D eigenvalue weighted by Crippen LogP contribution is -2.15. The first-order chi connectivity index (χ1) is 9.35. The molecule has 5 nitrogen and oxygen atoms in total. The highest BCUT2D eigenvalue weighted by Gasteiger charge is 2.21. The van der Waals surface area contributed by atoms with Crippen molar-refractivity contribution in [2.45, 2.75) is 31.8 Å². The van der Waals surface area contributed by atoms with Crippen LogP contribution in [0.15, 0.2) is 28.7 Å². The lowest BCUT2D eigenvalue weighted by molar-refractivity contribution is 0.405. The summed E-state index contributed by atoms with van der Waals surface area (Å²) in [5.74, 6) is 2.12. The average molecular weight is 259 g/mol. The minimum absolute atomic E-state index is 0.598. The Hall–Kier alpha value is -1.88. The van der Waals surface area contributed by atoms with Gasteiger partial charge in [0.05, 0.1) is 20.1 Å². The molecule has 19 heavy (non-hydrogen) atoms. The number of hydrogen-bond donors (Lipinski definition) is 1. The number of aromatic nitrogens is 2. The van der Waals surface area contributed by atoms with Crippen molar-refractivity contribution in [3.8, 4) is 5.75 Å². The van der Waals surface area contributed by atoms with E-state index in [9.17, 15) is 0 Å². The van der Waals surface area contributed by atoms with Gasteiger partial charge in [0.1, 0.15) is 5.75 Å². The number of methoxy groups -OCH3 is 1. The average Bonchev–Trinajstić information content (AvgIpc) is 3.17. The van der Waals surface area contributed by atoms with E-state index in [-0.39, 0.29) is 0 Å². The highest BCUT2D eigenvalue weighted by Crippen LogP contribution is 2.21. The molecule has 100 valence electrons. The molecular weight excluding hydrogens is 242 g/mol. The molecule has 0 radical (unpaired) electrons. The summed E-state index contributed by atoms with van der Waals surface area (Å²) >= 11 is 0. The van der Waals surface area contributed by atoms with Crippen LogP contribution >= 0.6 is 0 Å². The first kappa shape index (κ1) is 12.2. The Bertz CT molecular complexity index is 549. The van der Waals surface area contributed by atoms with E-state index in [1.165, 1.54) is 12.8 Å². The summed E-state index contributed by atoms with van der Waals surface area (Å²) in [5, 5.41) is 11.5. The Kier molecular flexibility index (Phi) is 3.46. The van der Waals surface area contributed by atoms with Crippen LogP contribution in [-0.2, 0) is 13.0 Å². The normalized spacial score (nSPS) is 14.6. The van der Waals surface area contributed by atoms with E-state index in [2.05, 4.69) is 15.5 Å². The Morgan fingerprint density at radius 3 is 2.84 bits per heavy atom. The molecule has 0 aliphatic heterocycles. The molecule has 3 rings (SSSR count). The Balaban J connectivity index is 1.65. The van der Waals surface area contributed by atoms with E-state index in [0.29, 0.717) is 30.8 Å². The van der Waals surface area contributed by atoms with E-state index in [4.69, 9.17) is 9.15 Å². The monoisotopic (exact) mass is 259 g/mol. The third-order valence-corrected chi connectivity index (χ3v) is 3.16. The summed E-state index contributed by atoms with van der Waals surface area (Å²) in [7, 11) is 1.66. The minimum atomic E-state index is 0.598. The highest BCUT2D eigenvalue weighted by atomic mass is 16.5. The zero-order valence-electron chi connectivity index (χ0n) is 10.9. The number of ether oxygens (including phenoxy) is 1. The van der Waals surface area contributed by atoms with Crippen molar-refractivity contribution < 1.29 is 9.15 Å². The van der Waals surface area contributed by atoms with Crippen molar-refractivity contribution in [2.24, 2.45) is 0 Å². The molecule has 1 aromatic carbocycles. The Morgan fingerprint density at radius 2 is 2.05 bits per heavy atom. The highest BCUT2D eigenvalue weighted by molar-refractivity contribution is 5.34. The van der Waals surface area contributed by atoms with Gasteiger partial charge in [-0.2, -0.15) is 0 Å². The number of nitrogens with zero attached hydrogens (tertiary/aromatic N) is 2. The summed E-state index contributed by atoms with van der Waals surface area (Å²) in [6.45, 7) is 0.656. The van der Waals surface area contributed by atoms with E-state index < -0.39 is 0 Å². The summed E-state index contributed by atoms with van der Waals surface area (Å²) in [5.41, 5.74) is 1.05. The third kappa shape index (κ3) is 3.12. The maximum atomic E-state index is 5.62. The summed E-state index contributed by atoms with van der Waals surface area (Å²) in [6, 6.07) is 8.50. The fourth-order valence-corrected chi connectivity index (χ4v) is 1.96. The molecule has 0 saturated heterocycles. The van der Waals surface area contributed by atoms with Crippen LogP contribution in [0.4, 0.5) is 0 Å². The first-order valence-corrected chi connectivity index (χ1v) is 6.51. The fourth-order valence-electron chi connectivity index (χ4n) is 1.96. The van der Waals surface area contributed by atoms with Crippen LogP contribution in [0.1, 0.15) is 30.2 Å². The van der Waals surface area contributed by atoms with Gasteiger partial charge in [0.25, 0.3) is 0 Å². The largest absolute Gasteiger partial charge is 0.496 e. The van der Waals surface area contributed by atoms with Crippen LogP contribution in [0, 0.1) is 0 Å². The number of benzene rings is 1. The van der Waals surface area contributed by atoms with Gasteiger partial charge in [-0.1, -0.05) is 18.2 Å². The van der Waals surface area contributed by atoms with Crippen LogP contribution in [-0.4, -0.2) is 23.3 Å². The van der Waals surface area contributed by atoms with Crippen molar-refractivity contribution >= 4 is 0 Å². The van der Waals surface area contributed by atoms with Gasteiger partial charge < -0.3 is 14.5 Å². The van der Waals surface area contributed by atoms with Crippen LogP contribution in [0.25, 0.3) is 0 Å². The fraction of sp³-hybridized carbons (Fsp3) is 0.429. The van der Waals surface area contributed by atoms with Crippen molar-refractivity contribution in [1.82, 2.24) is 15.5 Å². The summed E-state index contributed by atoms with van der Waals surface area (Å²) in [6.07, 6.45) is 3.10. The maximum absolute atomic E-state index is 5.62. The molecule has 0 atom stereocenters. The standard InChI is InChI=1S/C14H17N3O2/c1-18-12-5-3-2-4-10(12)8-13-16-17-14(19-13)9-15-11-6-7-11/h2-5,11,15H,6-9H2,1H3. The first-order valence-electron chi connectivity index (χ1n) is 6.51. The lowest BCUT2D eigenvalue weighted by Gasteiger charge is -2.05.